The molecule has 3 heterocycles. The fraction of sp³-hybridized carbons (Fsp3) is 0.0588. The molecule has 0 amide bonds. The third kappa shape index (κ3) is 3.20. The molecule has 4 rings (SSSR count). The first-order valence-corrected chi connectivity index (χ1v) is 9.35. The molecular weight excluding hydrogens is 376 g/mol. The van der Waals surface area contributed by atoms with Gasteiger partial charge in [-0.2, -0.15) is 5.10 Å². The van der Waals surface area contributed by atoms with Crippen molar-refractivity contribution < 1.29 is 17.2 Å². The Balaban J connectivity index is 1.60. The van der Waals surface area contributed by atoms with E-state index in [0.29, 0.717) is 17.0 Å². The minimum atomic E-state index is -4.00. The molecule has 0 atom stereocenters. The van der Waals surface area contributed by atoms with Crippen LogP contribution in [0.25, 0.3) is 22.4 Å². The molecule has 27 heavy (non-hydrogen) atoms. The second-order valence-electron chi connectivity index (χ2n) is 5.73. The smallest absolute Gasteiger partial charge is 0.256 e. The lowest BCUT2D eigenvalue weighted by atomic mass is 10.2. The topological polar surface area (TPSA) is 104 Å². The lowest BCUT2D eigenvalue weighted by Crippen LogP contribution is -2.24. The van der Waals surface area contributed by atoms with Crippen LogP contribution in [0.5, 0.6) is 0 Å². The summed E-state index contributed by atoms with van der Waals surface area (Å²) in [4.78, 5) is 6.88. The highest BCUT2D eigenvalue weighted by molar-refractivity contribution is 7.89. The molecule has 0 bridgehead atoms. The normalized spacial score (nSPS) is 11.9. The number of rotatable bonds is 5. The maximum Gasteiger partial charge on any atom is 0.256 e. The van der Waals surface area contributed by atoms with Crippen LogP contribution in [0.4, 0.5) is 8.78 Å². The molecule has 1 aromatic carbocycles. The number of benzene rings is 1. The van der Waals surface area contributed by atoms with E-state index in [1.165, 1.54) is 12.1 Å². The molecule has 0 saturated carbocycles. The lowest BCUT2D eigenvalue weighted by molar-refractivity contribution is 0.543. The van der Waals surface area contributed by atoms with Gasteiger partial charge in [0.05, 0.1) is 11.4 Å². The van der Waals surface area contributed by atoms with Gasteiger partial charge in [-0.05, 0) is 36.4 Å². The number of aromatic amines is 2. The van der Waals surface area contributed by atoms with Crippen molar-refractivity contribution in [2.24, 2.45) is 0 Å². The van der Waals surface area contributed by atoms with E-state index in [0.717, 1.165) is 17.5 Å². The maximum absolute atomic E-state index is 13.7. The van der Waals surface area contributed by atoms with Crippen molar-refractivity contribution in [3.05, 3.63) is 65.9 Å². The Kier molecular flexibility index (Phi) is 4.21. The van der Waals surface area contributed by atoms with Gasteiger partial charge in [-0.25, -0.2) is 26.9 Å². The van der Waals surface area contributed by atoms with Gasteiger partial charge in [0, 0.05) is 23.7 Å². The summed E-state index contributed by atoms with van der Waals surface area (Å²) in [6.07, 6.45) is 1.60. The number of halogens is 2. The summed E-state index contributed by atoms with van der Waals surface area (Å²) < 4.78 is 54.4. The Morgan fingerprint density at radius 1 is 1.04 bits per heavy atom. The molecule has 138 valence electrons. The Hall–Kier alpha value is -3.11. The van der Waals surface area contributed by atoms with Crippen LogP contribution in [0.1, 0.15) is 5.56 Å². The molecule has 0 unspecified atom stereocenters. The van der Waals surface area contributed by atoms with Gasteiger partial charge in [-0.1, -0.05) is 6.07 Å². The van der Waals surface area contributed by atoms with Crippen LogP contribution in [0.3, 0.4) is 0 Å². The molecule has 0 aliphatic rings. The third-order valence-electron chi connectivity index (χ3n) is 4.05. The summed E-state index contributed by atoms with van der Waals surface area (Å²) in [7, 11) is -4.00. The highest BCUT2D eigenvalue weighted by atomic mass is 32.2. The van der Waals surface area contributed by atoms with Crippen LogP contribution < -0.4 is 4.72 Å². The van der Waals surface area contributed by atoms with Crippen molar-refractivity contribution in [3.8, 4) is 11.4 Å². The molecule has 0 fully saturated rings. The quantitative estimate of drug-likeness (QED) is 0.488. The Morgan fingerprint density at radius 2 is 1.81 bits per heavy atom. The van der Waals surface area contributed by atoms with E-state index < -0.39 is 28.2 Å². The second-order valence-corrected chi connectivity index (χ2v) is 7.47. The predicted molar refractivity (Wildman–Crippen MR) is 94.1 cm³/mol. The largest absolute Gasteiger partial charge is 0.343 e. The molecule has 0 spiro atoms. The minimum absolute atomic E-state index is 0.138. The number of hydrogen-bond donors (Lipinski definition) is 3. The zero-order valence-corrected chi connectivity index (χ0v) is 14.5. The number of pyridine rings is 1. The van der Waals surface area contributed by atoms with Gasteiger partial charge in [-0.15, -0.1) is 0 Å². The van der Waals surface area contributed by atoms with E-state index in [9.17, 15) is 17.2 Å². The molecule has 3 N–H and O–H groups in total. The molecule has 4 aromatic rings. The van der Waals surface area contributed by atoms with Gasteiger partial charge in [0.1, 0.15) is 16.7 Å². The third-order valence-corrected chi connectivity index (χ3v) is 5.39. The number of fused-ring (bicyclic) bond motifs is 1. The first kappa shape index (κ1) is 17.3. The summed E-state index contributed by atoms with van der Waals surface area (Å²) in [5.74, 6) is -1.64. The number of sulfonamides is 1. The van der Waals surface area contributed by atoms with Crippen LogP contribution in [0.15, 0.2) is 53.7 Å². The van der Waals surface area contributed by atoms with E-state index in [2.05, 4.69) is 24.9 Å². The molecule has 0 aliphatic heterocycles. The molecule has 7 nitrogen and oxygen atoms in total. The van der Waals surface area contributed by atoms with E-state index in [1.807, 2.05) is 0 Å². The number of hydrogen-bond acceptors (Lipinski definition) is 4. The van der Waals surface area contributed by atoms with Crippen molar-refractivity contribution >= 4 is 21.1 Å². The van der Waals surface area contributed by atoms with Gasteiger partial charge < -0.3 is 4.98 Å². The van der Waals surface area contributed by atoms with E-state index in [-0.39, 0.29) is 10.6 Å². The standard InChI is InChI=1S/C17H13F2N5O2S/c18-12-4-1-5-13(19)11(12)9-21-27(25,26)15-7-6-14(22-15)16-10-3-2-8-20-17(10)24-23-16/h1-8,21-22H,9H2,(H,20,23,24). The maximum atomic E-state index is 13.7. The first-order valence-electron chi connectivity index (χ1n) is 7.87. The highest BCUT2D eigenvalue weighted by Gasteiger charge is 2.20. The van der Waals surface area contributed by atoms with Gasteiger partial charge in [-0.3, -0.25) is 5.10 Å². The Morgan fingerprint density at radius 3 is 2.59 bits per heavy atom. The molecule has 10 heteroatoms. The van der Waals surface area contributed by atoms with Crippen LogP contribution in [0, 0.1) is 11.6 Å². The van der Waals surface area contributed by atoms with Crippen LogP contribution >= 0.6 is 0 Å². The summed E-state index contributed by atoms with van der Waals surface area (Å²) in [5.41, 5.74) is 1.22. The number of nitrogens with one attached hydrogen (secondary N) is 3. The summed E-state index contributed by atoms with van der Waals surface area (Å²) in [6, 6.07) is 9.82. The van der Waals surface area contributed by atoms with Crippen LogP contribution in [0.2, 0.25) is 0 Å². The first-order chi connectivity index (χ1) is 13.0. The summed E-state index contributed by atoms with van der Waals surface area (Å²) >= 11 is 0. The predicted octanol–water partition coefficient (Wildman–Crippen LogP) is 2.71. The van der Waals surface area contributed by atoms with Crippen molar-refractivity contribution in [3.63, 3.8) is 0 Å². The molecule has 3 aromatic heterocycles. The van der Waals surface area contributed by atoms with E-state index in [4.69, 9.17) is 0 Å². The van der Waals surface area contributed by atoms with Crippen molar-refractivity contribution in [1.82, 2.24) is 24.9 Å². The average molecular weight is 389 g/mol. The molecule has 0 aliphatic carbocycles. The Bertz CT molecular complexity index is 1210. The van der Waals surface area contributed by atoms with Crippen LogP contribution in [-0.4, -0.2) is 28.6 Å². The fourth-order valence-corrected chi connectivity index (χ4v) is 3.66. The highest BCUT2D eigenvalue weighted by Crippen LogP contribution is 2.25. The lowest BCUT2D eigenvalue weighted by Gasteiger charge is -2.07. The number of aromatic nitrogens is 4. The Labute approximate surface area is 152 Å². The van der Waals surface area contributed by atoms with Crippen LogP contribution in [-0.2, 0) is 16.6 Å². The number of nitrogens with zero attached hydrogens (tertiary/aromatic N) is 2. The SMILES string of the molecule is O=S(=O)(NCc1c(F)cccc1F)c1ccc(-c2[nH]nc3ncccc23)[nH]1. The van der Waals surface area contributed by atoms with Gasteiger partial charge in [0.2, 0.25) is 0 Å². The van der Waals surface area contributed by atoms with E-state index >= 15 is 0 Å². The zero-order valence-electron chi connectivity index (χ0n) is 13.7. The average Bonchev–Trinajstić information content (AvgIpc) is 3.28. The monoisotopic (exact) mass is 389 g/mol. The second kappa shape index (κ2) is 6.56. The van der Waals surface area contributed by atoms with Gasteiger partial charge >= 0.3 is 0 Å². The zero-order chi connectivity index (χ0) is 19.0. The van der Waals surface area contributed by atoms with Gasteiger partial charge in [0.15, 0.2) is 5.65 Å². The molecule has 0 saturated heterocycles. The summed E-state index contributed by atoms with van der Waals surface area (Å²) in [5, 5.41) is 7.46. The summed E-state index contributed by atoms with van der Waals surface area (Å²) in [6.45, 7) is -0.508. The van der Waals surface area contributed by atoms with E-state index in [1.54, 1.807) is 24.4 Å². The van der Waals surface area contributed by atoms with Crippen molar-refractivity contribution in [1.29, 1.82) is 0 Å². The van der Waals surface area contributed by atoms with Crippen molar-refractivity contribution in [2.75, 3.05) is 0 Å². The molecular formula is C17H13F2N5O2S. The minimum Gasteiger partial charge on any atom is -0.343 e. The van der Waals surface area contributed by atoms with Gasteiger partial charge in [0.25, 0.3) is 10.0 Å². The number of H-pyrrole nitrogens is 2. The molecule has 0 radical (unpaired) electrons. The fourth-order valence-electron chi connectivity index (χ4n) is 2.68. The van der Waals surface area contributed by atoms with Crippen molar-refractivity contribution in [2.45, 2.75) is 11.6 Å².